The van der Waals surface area contributed by atoms with Crippen LogP contribution in [-0.4, -0.2) is 16.7 Å². The molecule has 0 amide bonds. The fourth-order valence-corrected chi connectivity index (χ4v) is 2.95. The van der Waals surface area contributed by atoms with E-state index in [0.29, 0.717) is 5.92 Å². The van der Waals surface area contributed by atoms with Gasteiger partial charge in [-0.15, -0.1) is 5.10 Å². The fraction of sp³-hybridized carbons (Fsp3) is 0.467. The Morgan fingerprint density at radius 3 is 2.55 bits per heavy atom. The summed E-state index contributed by atoms with van der Waals surface area (Å²) in [6, 6.07) is 8.14. The van der Waals surface area contributed by atoms with Crippen molar-refractivity contribution in [2.75, 3.05) is 7.11 Å². The minimum Gasteiger partial charge on any atom is -0.497 e. The number of rotatable bonds is 6. The maximum absolute atomic E-state index is 6.29. The average molecular weight is 291 g/mol. The molecule has 0 saturated carbocycles. The maximum atomic E-state index is 6.29. The number of benzene rings is 1. The molecule has 1 heterocycles. The van der Waals surface area contributed by atoms with Gasteiger partial charge in [0.2, 0.25) is 0 Å². The molecule has 0 radical (unpaired) electrons. The third kappa shape index (κ3) is 3.55. The lowest BCUT2D eigenvalue weighted by molar-refractivity contribution is 0.414. The topological polar surface area (TPSA) is 61.0 Å². The number of aromatic nitrogens is 2. The van der Waals surface area contributed by atoms with Crippen LogP contribution in [0.5, 0.6) is 5.75 Å². The number of nitrogens with zero attached hydrogens (tertiary/aromatic N) is 2. The molecule has 20 heavy (non-hydrogen) atoms. The highest BCUT2D eigenvalue weighted by Gasteiger charge is 2.17. The summed E-state index contributed by atoms with van der Waals surface area (Å²) >= 11 is 1.42. The Labute approximate surface area is 124 Å². The van der Waals surface area contributed by atoms with Crippen LogP contribution in [0.2, 0.25) is 0 Å². The van der Waals surface area contributed by atoms with Crippen molar-refractivity contribution in [1.29, 1.82) is 0 Å². The molecule has 0 saturated heterocycles. The molecule has 1 atom stereocenters. The Bertz CT molecular complexity index is 536. The monoisotopic (exact) mass is 291 g/mol. The standard InChI is InChI=1S/C15H21N3OS/c1-10(2)14-15(20-18-17-14)13(16)9-6-11-4-7-12(19-3)8-5-11/h4-5,7-8,10,13H,6,9,16H2,1-3H3. The van der Waals surface area contributed by atoms with Gasteiger partial charge < -0.3 is 10.5 Å². The quantitative estimate of drug-likeness (QED) is 0.887. The molecule has 2 aromatic rings. The Morgan fingerprint density at radius 2 is 1.95 bits per heavy atom. The van der Waals surface area contributed by atoms with E-state index < -0.39 is 0 Å². The summed E-state index contributed by atoms with van der Waals surface area (Å²) in [5, 5.41) is 4.19. The number of hydrogen-bond acceptors (Lipinski definition) is 5. The minimum absolute atomic E-state index is 0.00880. The van der Waals surface area contributed by atoms with Crippen LogP contribution < -0.4 is 10.5 Å². The molecule has 0 aliphatic rings. The zero-order chi connectivity index (χ0) is 14.5. The van der Waals surface area contributed by atoms with Crippen LogP contribution in [0.15, 0.2) is 24.3 Å². The molecule has 108 valence electrons. The first-order chi connectivity index (χ1) is 9.61. The van der Waals surface area contributed by atoms with Crippen LogP contribution >= 0.6 is 11.5 Å². The summed E-state index contributed by atoms with van der Waals surface area (Å²) < 4.78 is 9.19. The van der Waals surface area contributed by atoms with Crippen molar-refractivity contribution in [3.05, 3.63) is 40.4 Å². The average Bonchev–Trinajstić information content (AvgIpc) is 2.95. The predicted octanol–water partition coefficient (Wildman–Crippen LogP) is 3.30. The van der Waals surface area contributed by atoms with Crippen molar-refractivity contribution < 1.29 is 4.74 Å². The van der Waals surface area contributed by atoms with Gasteiger partial charge in [0.15, 0.2) is 0 Å². The van der Waals surface area contributed by atoms with Gasteiger partial charge in [0.05, 0.1) is 17.7 Å². The van der Waals surface area contributed by atoms with E-state index in [4.69, 9.17) is 10.5 Å². The molecule has 4 nitrogen and oxygen atoms in total. The third-order valence-corrected chi connectivity index (χ3v) is 4.20. The molecule has 2 N–H and O–H groups in total. The van der Waals surface area contributed by atoms with Crippen LogP contribution in [0, 0.1) is 0 Å². The van der Waals surface area contributed by atoms with Gasteiger partial charge in [0.1, 0.15) is 5.75 Å². The van der Waals surface area contributed by atoms with Crippen molar-refractivity contribution in [1.82, 2.24) is 9.59 Å². The van der Waals surface area contributed by atoms with Crippen LogP contribution in [0.1, 0.15) is 48.4 Å². The first kappa shape index (κ1) is 14.9. The molecular formula is C15H21N3OS. The Hall–Kier alpha value is -1.46. The van der Waals surface area contributed by atoms with Crippen molar-refractivity contribution in [3.63, 3.8) is 0 Å². The van der Waals surface area contributed by atoms with E-state index >= 15 is 0 Å². The molecule has 0 bridgehead atoms. The molecule has 5 heteroatoms. The van der Waals surface area contributed by atoms with Gasteiger partial charge in [-0.05, 0) is 48.0 Å². The van der Waals surface area contributed by atoms with Gasteiger partial charge >= 0.3 is 0 Å². The molecule has 1 aromatic heterocycles. The number of ether oxygens (including phenoxy) is 1. The number of aryl methyl sites for hydroxylation is 1. The van der Waals surface area contributed by atoms with Crippen LogP contribution in [0.3, 0.4) is 0 Å². The Balaban J connectivity index is 1.97. The second-order valence-electron chi connectivity index (χ2n) is 5.17. The van der Waals surface area contributed by atoms with Gasteiger partial charge in [-0.3, -0.25) is 0 Å². The normalized spacial score (nSPS) is 12.7. The van der Waals surface area contributed by atoms with E-state index in [9.17, 15) is 0 Å². The summed E-state index contributed by atoms with van der Waals surface area (Å²) in [5.74, 6) is 1.25. The van der Waals surface area contributed by atoms with Crippen LogP contribution in [0.25, 0.3) is 0 Å². The van der Waals surface area contributed by atoms with E-state index in [2.05, 4.69) is 35.6 Å². The van der Waals surface area contributed by atoms with Gasteiger partial charge in [-0.25, -0.2) is 0 Å². The number of methoxy groups -OCH3 is 1. The van der Waals surface area contributed by atoms with E-state index in [1.807, 2.05) is 12.1 Å². The lowest BCUT2D eigenvalue weighted by Crippen LogP contribution is -2.12. The zero-order valence-electron chi connectivity index (χ0n) is 12.2. The van der Waals surface area contributed by atoms with Crippen molar-refractivity contribution >= 4 is 11.5 Å². The van der Waals surface area contributed by atoms with Crippen LogP contribution in [0.4, 0.5) is 0 Å². The molecule has 0 spiro atoms. The molecule has 0 aliphatic carbocycles. The third-order valence-electron chi connectivity index (χ3n) is 3.33. The molecule has 1 aromatic carbocycles. The van der Waals surface area contributed by atoms with Gasteiger partial charge in [-0.1, -0.05) is 30.5 Å². The summed E-state index contributed by atoms with van der Waals surface area (Å²) in [5.41, 5.74) is 8.60. The summed E-state index contributed by atoms with van der Waals surface area (Å²) in [6.07, 6.45) is 1.84. The largest absolute Gasteiger partial charge is 0.497 e. The minimum atomic E-state index is 0.00880. The van der Waals surface area contributed by atoms with Crippen molar-refractivity contribution in [2.24, 2.45) is 5.73 Å². The second kappa shape index (κ2) is 6.81. The van der Waals surface area contributed by atoms with Crippen molar-refractivity contribution in [2.45, 2.75) is 38.6 Å². The van der Waals surface area contributed by atoms with Crippen LogP contribution in [-0.2, 0) is 6.42 Å². The predicted molar refractivity (Wildman–Crippen MR) is 82.2 cm³/mol. The SMILES string of the molecule is COc1ccc(CCC(N)c2snnc2C(C)C)cc1. The molecule has 2 rings (SSSR count). The van der Waals surface area contributed by atoms with E-state index in [-0.39, 0.29) is 6.04 Å². The van der Waals surface area contributed by atoms with E-state index in [0.717, 1.165) is 29.2 Å². The van der Waals surface area contributed by atoms with Crippen molar-refractivity contribution in [3.8, 4) is 5.75 Å². The molecule has 0 fully saturated rings. The van der Waals surface area contributed by atoms with Gasteiger partial charge in [0.25, 0.3) is 0 Å². The highest BCUT2D eigenvalue weighted by molar-refractivity contribution is 7.05. The smallest absolute Gasteiger partial charge is 0.118 e. The van der Waals surface area contributed by atoms with Gasteiger partial charge in [-0.2, -0.15) is 0 Å². The lowest BCUT2D eigenvalue weighted by atomic mass is 10.0. The van der Waals surface area contributed by atoms with Gasteiger partial charge in [0, 0.05) is 6.04 Å². The first-order valence-corrected chi connectivity index (χ1v) is 7.59. The number of nitrogens with two attached hydrogens (primary N) is 1. The number of hydrogen-bond donors (Lipinski definition) is 1. The molecular weight excluding hydrogens is 270 g/mol. The summed E-state index contributed by atoms with van der Waals surface area (Å²) in [6.45, 7) is 4.24. The maximum Gasteiger partial charge on any atom is 0.118 e. The first-order valence-electron chi connectivity index (χ1n) is 6.82. The Kier molecular flexibility index (Phi) is 5.09. The lowest BCUT2D eigenvalue weighted by Gasteiger charge is -2.12. The summed E-state index contributed by atoms with van der Waals surface area (Å²) in [7, 11) is 1.68. The van der Waals surface area contributed by atoms with E-state index in [1.54, 1.807) is 7.11 Å². The zero-order valence-corrected chi connectivity index (χ0v) is 13.0. The van der Waals surface area contributed by atoms with E-state index in [1.165, 1.54) is 17.1 Å². The highest BCUT2D eigenvalue weighted by Crippen LogP contribution is 2.27. The fourth-order valence-electron chi connectivity index (χ4n) is 2.11. The molecule has 0 aliphatic heterocycles. The highest BCUT2D eigenvalue weighted by atomic mass is 32.1. The Morgan fingerprint density at radius 1 is 1.25 bits per heavy atom. The molecule has 1 unspecified atom stereocenters. The second-order valence-corrected chi connectivity index (χ2v) is 5.96. The summed E-state index contributed by atoms with van der Waals surface area (Å²) in [4.78, 5) is 1.12.